The van der Waals surface area contributed by atoms with Crippen molar-refractivity contribution in [3.63, 3.8) is 0 Å². The second-order valence-corrected chi connectivity index (χ2v) is 4.79. The molecule has 0 saturated heterocycles. The average Bonchev–Trinajstić information content (AvgIpc) is 3.18. The van der Waals surface area contributed by atoms with Crippen molar-refractivity contribution in [1.29, 1.82) is 0 Å². The molecule has 0 spiro atoms. The zero-order valence-corrected chi connectivity index (χ0v) is 10.7. The summed E-state index contributed by atoms with van der Waals surface area (Å²) < 4.78 is 5.05. The Bertz CT molecular complexity index is 428. The van der Waals surface area contributed by atoms with Crippen LogP contribution in [-0.4, -0.2) is 19.6 Å². The van der Waals surface area contributed by atoms with Gasteiger partial charge in [0.25, 0.3) is 5.91 Å². The van der Waals surface area contributed by atoms with Gasteiger partial charge in [0, 0.05) is 18.3 Å². The Kier molecular flexibility index (Phi) is 4.07. The number of benzene rings is 1. The van der Waals surface area contributed by atoms with Crippen LogP contribution in [0.4, 0.5) is 5.69 Å². The Morgan fingerprint density at radius 2 is 2.28 bits per heavy atom. The van der Waals surface area contributed by atoms with E-state index in [1.165, 1.54) is 19.3 Å². The first-order chi connectivity index (χ1) is 8.70. The summed E-state index contributed by atoms with van der Waals surface area (Å²) >= 11 is 0. The molecule has 0 aromatic heterocycles. The first-order valence-corrected chi connectivity index (χ1v) is 6.42. The lowest BCUT2D eigenvalue weighted by Crippen LogP contribution is -2.25. The van der Waals surface area contributed by atoms with Gasteiger partial charge in [-0.15, -0.1) is 0 Å². The molecule has 0 radical (unpaired) electrons. The SMILES string of the molecule is COc1ccc(C(=O)NCCCC2CC2)c(N)c1. The molecule has 1 aliphatic carbocycles. The highest BCUT2D eigenvalue weighted by Gasteiger charge is 2.20. The molecule has 1 saturated carbocycles. The molecule has 4 nitrogen and oxygen atoms in total. The lowest BCUT2D eigenvalue weighted by atomic mass is 10.1. The minimum absolute atomic E-state index is 0.106. The van der Waals surface area contributed by atoms with Crippen LogP contribution in [0.3, 0.4) is 0 Å². The highest BCUT2D eigenvalue weighted by atomic mass is 16.5. The summed E-state index contributed by atoms with van der Waals surface area (Å²) in [4.78, 5) is 11.9. The summed E-state index contributed by atoms with van der Waals surface area (Å²) in [6.07, 6.45) is 4.99. The minimum Gasteiger partial charge on any atom is -0.497 e. The van der Waals surface area contributed by atoms with Gasteiger partial charge < -0.3 is 15.8 Å². The number of nitrogen functional groups attached to an aromatic ring is 1. The van der Waals surface area contributed by atoms with Crippen molar-refractivity contribution in [2.45, 2.75) is 25.7 Å². The molecule has 3 N–H and O–H groups in total. The van der Waals surface area contributed by atoms with E-state index < -0.39 is 0 Å². The molecule has 0 bridgehead atoms. The van der Waals surface area contributed by atoms with Crippen LogP contribution in [0.1, 0.15) is 36.0 Å². The van der Waals surface area contributed by atoms with Crippen molar-refractivity contribution in [2.24, 2.45) is 5.92 Å². The summed E-state index contributed by atoms with van der Waals surface area (Å²) in [7, 11) is 1.58. The summed E-state index contributed by atoms with van der Waals surface area (Å²) in [6.45, 7) is 0.723. The fourth-order valence-corrected chi connectivity index (χ4v) is 1.97. The summed E-state index contributed by atoms with van der Waals surface area (Å²) in [6, 6.07) is 5.11. The Labute approximate surface area is 108 Å². The third kappa shape index (κ3) is 3.39. The van der Waals surface area contributed by atoms with Gasteiger partial charge in [0.1, 0.15) is 5.75 Å². The first kappa shape index (κ1) is 12.7. The Hall–Kier alpha value is -1.71. The normalized spacial score (nSPS) is 14.3. The van der Waals surface area contributed by atoms with E-state index in [0.717, 1.165) is 18.9 Å². The van der Waals surface area contributed by atoms with Gasteiger partial charge in [0.2, 0.25) is 0 Å². The number of ether oxygens (including phenoxy) is 1. The molecular weight excluding hydrogens is 228 g/mol. The fourth-order valence-electron chi connectivity index (χ4n) is 1.97. The topological polar surface area (TPSA) is 64.3 Å². The van der Waals surface area contributed by atoms with Crippen molar-refractivity contribution in [3.05, 3.63) is 23.8 Å². The lowest BCUT2D eigenvalue weighted by molar-refractivity contribution is 0.0953. The van der Waals surface area contributed by atoms with Crippen molar-refractivity contribution >= 4 is 11.6 Å². The van der Waals surface area contributed by atoms with Gasteiger partial charge in [-0.05, 0) is 30.9 Å². The van der Waals surface area contributed by atoms with Crippen LogP contribution in [0.25, 0.3) is 0 Å². The number of carbonyl (C=O) groups is 1. The summed E-state index contributed by atoms with van der Waals surface area (Å²) in [5, 5.41) is 2.90. The molecule has 98 valence electrons. The number of nitrogens with one attached hydrogen (secondary N) is 1. The number of anilines is 1. The molecule has 2 rings (SSSR count). The Morgan fingerprint density at radius 1 is 1.50 bits per heavy atom. The number of carbonyl (C=O) groups excluding carboxylic acids is 1. The maximum Gasteiger partial charge on any atom is 0.253 e. The molecule has 4 heteroatoms. The molecular formula is C14H20N2O2. The molecule has 0 atom stereocenters. The molecule has 0 aliphatic heterocycles. The van der Waals surface area contributed by atoms with E-state index in [9.17, 15) is 4.79 Å². The van der Waals surface area contributed by atoms with Crippen LogP contribution >= 0.6 is 0 Å². The van der Waals surface area contributed by atoms with Crippen LogP contribution in [-0.2, 0) is 0 Å². The maximum absolute atomic E-state index is 11.9. The summed E-state index contributed by atoms with van der Waals surface area (Å²) in [5.74, 6) is 1.47. The smallest absolute Gasteiger partial charge is 0.253 e. The summed E-state index contributed by atoms with van der Waals surface area (Å²) in [5.41, 5.74) is 6.79. The fraction of sp³-hybridized carbons (Fsp3) is 0.500. The number of hydrogen-bond donors (Lipinski definition) is 2. The van der Waals surface area contributed by atoms with Gasteiger partial charge in [-0.2, -0.15) is 0 Å². The van der Waals surface area contributed by atoms with Crippen LogP contribution in [0.15, 0.2) is 18.2 Å². The van der Waals surface area contributed by atoms with Gasteiger partial charge in [0.15, 0.2) is 0 Å². The predicted octanol–water partition coefficient (Wildman–Crippen LogP) is 2.20. The van der Waals surface area contributed by atoms with Crippen molar-refractivity contribution in [3.8, 4) is 5.75 Å². The van der Waals surface area contributed by atoms with Gasteiger partial charge in [-0.1, -0.05) is 12.8 Å². The number of methoxy groups -OCH3 is 1. The van der Waals surface area contributed by atoms with E-state index in [1.54, 1.807) is 25.3 Å². The standard InChI is InChI=1S/C14H20N2O2/c1-18-11-6-7-12(13(15)9-11)14(17)16-8-2-3-10-4-5-10/h6-7,9-10H,2-5,8,15H2,1H3,(H,16,17). The first-order valence-electron chi connectivity index (χ1n) is 6.42. The number of hydrogen-bond acceptors (Lipinski definition) is 3. The van der Waals surface area contributed by atoms with E-state index in [0.29, 0.717) is 17.0 Å². The number of nitrogens with two attached hydrogens (primary N) is 1. The van der Waals surface area contributed by atoms with Crippen molar-refractivity contribution in [1.82, 2.24) is 5.32 Å². The van der Waals surface area contributed by atoms with E-state index in [-0.39, 0.29) is 5.91 Å². The highest BCUT2D eigenvalue weighted by molar-refractivity contribution is 5.99. The number of rotatable bonds is 6. The van der Waals surface area contributed by atoms with Crippen LogP contribution in [0, 0.1) is 5.92 Å². The van der Waals surface area contributed by atoms with E-state index in [4.69, 9.17) is 10.5 Å². The molecule has 0 heterocycles. The van der Waals surface area contributed by atoms with Gasteiger partial charge in [-0.3, -0.25) is 4.79 Å². The largest absolute Gasteiger partial charge is 0.497 e. The van der Waals surface area contributed by atoms with Crippen LogP contribution in [0.2, 0.25) is 0 Å². The molecule has 1 amide bonds. The van der Waals surface area contributed by atoms with E-state index in [2.05, 4.69) is 5.32 Å². The van der Waals surface area contributed by atoms with Crippen LogP contribution in [0.5, 0.6) is 5.75 Å². The molecule has 0 unspecified atom stereocenters. The molecule has 1 aromatic carbocycles. The Balaban J connectivity index is 1.83. The quantitative estimate of drug-likeness (QED) is 0.599. The molecule has 18 heavy (non-hydrogen) atoms. The van der Waals surface area contributed by atoms with E-state index >= 15 is 0 Å². The molecule has 1 aliphatic rings. The zero-order valence-electron chi connectivity index (χ0n) is 10.7. The van der Waals surface area contributed by atoms with Crippen molar-refractivity contribution < 1.29 is 9.53 Å². The minimum atomic E-state index is -0.106. The lowest BCUT2D eigenvalue weighted by Gasteiger charge is -2.08. The maximum atomic E-state index is 11.9. The van der Waals surface area contributed by atoms with Gasteiger partial charge in [0.05, 0.1) is 12.7 Å². The second kappa shape index (κ2) is 5.76. The average molecular weight is 248 g/mol. The van der Waals surface area contributed by atoms with Crippen molar-refractivity contribution in [2.75, 3.05) is 19.4 Å². The Morgan fingerprint density at radius 3 is 2.89 bits per heavy atom. The predicted molar refractivity (Wildman–Crippen MR) is 71.7 cm³/mol. The van der Waals surface area contributed by atoms with Gasteiger partial charge >= 0.3 is 0 Å². The molecule has 1 aromatic rings. The monoisotopic (exact) mass is 248 g/mol. The highest BCUT2D eigenvalue weighted by Crippen LogP contribution is 2.33. The third-order valence-corrected chi connectivity index (χ3v) is 3.27. The zero-order chi connectivity index (χ0) is 13.0. The van der Waals surface area contributed by atoms with E-state index in [1.807, 2.05) is 0 Å². The third-order valence-electron chi connectivity index (χ3n) is 3.27. The van der Waals surface area contributed by atoms with Gasteiger partial charge in [-0.25, -0.2) is 0 Å². The van der Waals surface area contributed by atoms with Crippen LogP contribution < -0.4 is 15.8 Å². The second-order valence-electron chi connectivity index (χ2n) is 4.79. The number of amides is 1. The molecule has 1 fully saturated rings.